The molecule has 0 saturated heterocycles. The first kappa shape index (κ1) is 29.2. The molecule has 4 aromatic carbocycles. The molecule has 4 N–H and O–H groups in total. The summed E-state index contributed by atoms with van der Waals surface area (Å²) in [6.45, 7) is 0. The van der Waals surface area contributed by atoms with E-state index in [1.807, 2.05) is 0 Å². The lowest BCUT2D eigenvalue weighted by Gasteiger charge is -2.08. The van der Waals surface area contributed by atoms with Crippen molar-refractivity contribution in [2.24, 2.45) is 9.98 Å². The number of nitrogens with zero attached hydrogens (tertiary/aromatic N) is 4. The van der Waals surface area contributed by atoms with Crippen molar-refractivity contribution in [1.29, 1.82) is 0 Å². The second-order valence-electron chi connectivity index (χ2n) is 8.58. The van der Waals surface area contributed by atoms with E-state index in [0.29, 0.717) is 17.5 Å². The fraction of sp³-hybridized carbons (Fsp3) is 0.0370. The van der Waals surface area contributed by atoms with Crippen molar-refractivity contribution in [2.75, 3.05) is 0 Å². The van der Waals surface area contributed by atoms with E-state index < -0.39 is 9.85 Å². The predicted molar refractivity (Wildman–Crippen MR) is 158 cm³/mol. The number of nitro groups is 2. The Balaban J connectivity index is 1.60. The average Bonchev–Trinajstić information content (AvgIpc) is 2.92. The lowest BCUT2D eigenvalue weighted by Crippen LogP contribution is -1.92. The molecule has 0 spiro atoms. The summed E-state index contributed by atoms with van der Waals surface area (Å²) in [6.07, 6.45) is 2.72. The lowest BCUT2D eigenvalue weighted by atomic mass is 10.0. The lowest BCUT2D eigenvalue weighted by molar-refractivity contribution is -0.385. The van der Waals surface area contributed by atoms with Crippen LogP contribution in [0, 0.1) is 20.2 Å². The molecule has 0 saturated carbocycles. The van der Waals surface area contributed by atoms with Gasteiger partial charge in [0.15, 0.2) is 0 Å². The van der Waals surface area contributed by atoms with E-state index in [4.69, 9.17) is 0 Å². The second kappa shape index (κ2) is 12.1. The Kier molecular flexibility index (Phi) is 8.64. The minimum absolute atomic E-state index is 0.0683. The molecule has 0 heterocycles. The van der Waals surface area contributed by atoms with Gasteiger partial charge in [-0.25, -0.2) is 0 Å². The summed E-state index contributed by atoms with van der Waals surface area (Å²) in [5, 5.41) is 63.3. The van der Waals surface area contributed by atoms with Crippen LogP contribution in [0.1, 0.15) is 22.3 Å². The molecular weight excluding hydrogens is 668 g/mol. The Morgan fingerprint density at radius 2 is 1.05 bits per heavy atom. The maximum Gasteiger partial charge on any atom is 0.271 e. The SMILES string of the molecule is O=[N+]([O-])c1cc(Br)c(O)c(C=Nc2cc(Cc3ccc(O)c(N=Cc4cc([N+](=O)[O-])cc(Br)c4O)c3)ccc2O)c1. The molecule has 0 amide bonds. The van der Waals surface area contributed by atoms with Crippen molar-refractivity contribution in [2.45, 2.75) is 6.42 Å². The molecule has 12 nitrogen and oxygen atoms in total. The normalized spacial score (nSPS) is 11.4. The van der Waals surface area contributed by atoms with Crippen LogP contribution in [0.2, 0.25) is 0 Å². The van der Waals surface area contributed by atoms with E-state index in [1.165, 1.54) is 24.6 Å². The maximum atomic E-state index is 11.1. The third kappa shape index (κ3) is 6.85. The van der Waals surface area contributed by atoms with Crippen molar-refractivity contribution in [1.82, 2.24) is 0 Å². The number of non-ortho nitro benzene ring substituents is 2. The number of rotatable bonds is 8. The van der Waals surface area contributed by atoms with Crippen LogP contribution in [0.5, 0.6) is 23.0 Å². The Hall–Kier alpha value is -4.82. The van der Waals surface area contributed by atoms with Crippen molar-refractivity contribution in [3.63, 3.8) is 0 Å². The van der Waals surface area contributed by atoms with Crippen LogP contribution >= 0.6 is 31.9 Å². The quantitative estimate of drug-likeness (QED) is 0.0870. The number of halogens is 2. The Morgan fingerprint density at radius 3 is 1.41 bits per heavy atom. The van der Waals surface area contributed by atoms with E-state index in [2.05, 4.69) is 41.8 Å². The summed E-state index contributed by atoms with van der Waals surface area (Å²) < 4.78 is 0.232. The summed E-state index contributed by atoms with van der Waals surface area (Å²) in [5.41, 5.74) is 1.33. The van der Waals surface area contributed by atoms with Crippen LogP contribution in [0.4, 0.5) is 22.7 Å². The fourth-order valence-corrected chi connectivity index (χ4v) is 4.62. The van der Waals surface area contributed by atoms with Crippen LogP contribution in [-0.2, 0) is 6.42 Å². The van der Waals surface area contributed by atoms with E-state index in [-0.39, 0.29) is 65.8 Å². The third-order valence-corrected chi connectivity index (χ3v) is 6.96. The minimum Gasteiger partial charge on any atom is -0.506 e. The highest BCUT2D eigenvalue weighted by molar-refractivity contribution is 9.11. The van der Waals surface area contributed by atoms with E-state index in [1.54, 1.807) is 24.3 Å². The number of aromatic hydroxyl groups is 4. The molecule has 0 bridgehead atoms. The number of phenols is 4. The number of phenolic OH excluding ortho intramolecular Hbond substituents is 4. The van der Waals surface area contributed by atoms with Crippen LogP contribution in [0.15, 0.2) is 79.6 Å². The number of hydrogen-bond donors (Lipinski definition) is 4. The van der Waals surface area contributed by atoms with Crippen molar-refractivity contribution in [3.05, 3.63) is 112 Å². The monoisotopic (exact) mass is 684 g/mol. The molecular formula is C27H18Br2N4O8. The number of aliphatic imine (C=N–C) groups is 2. The zero-order chi connectivity index (χ0) is 29.8. The smallest absolute Gasteiger partial charge is 0.271 e. The number of benzene rings is 4. The van der Waals surface area contributed by atoms with Gasteiger partial charge in [-0.1, -0.05) is 12.1 Å². The first-order valence-corrected chi connectivity index (χ1v) is 13.1. The first-order valence-electron chi connectivity index (χ1n) is 11.5. The Morgan fingerprint density at radius 1 is 0.659 bits per heavy atom. The molecule has 0 unspecified atom stereocenters. The maximum absolute atomic E-state index is 11.1. The predicted octanol–water partition coefficient (Wildman–Crippen LogP) is 6.94. The summed E-state index contributed by atoms with van der Waals surface area (Å²) in [7, 11) is 0. The molecule has 208 valence electrons. The van der Waals surface area contributed by atoms with Crippen LogP contribution < -0.4 is 0 Å². The summed E-state index contributed by atoms with van der Waals surface area (Å²) in [6, 6.07) is 13.9. The summed E-state index contributed by atoms with van der Waals surface area (Å²) >= 11 is 6.14. The summed E-state index contributed by atoms with van der Waals surface area (Å²) in [5.74, 6) is -0.822. The molecule has 41 heavy (non-hydrogen) atoms. The van der Waals surface area contributed by atoms with Gasteiger partial charge in [-0.3, -0.25) is 30.2 Å². The highest BCUT2D eigenvalue weighted by Gasteiger charge is 2.15. The molecule has 0 aliphatic rings. The van der Waals surface area contributed by atoms with Gasteiger partial charge in [0.05, 0.1) is 18.8 Å². The van der Waals surface area contributed by atoms with Gasteiger partial charge in [0.1, 0.15) is 34.4 Å². The molecule has 0 aliphatic carbocycles. The highest BCUT2D eigenvalue weighted by atomic mass is 79.9. The molecule has 0 aliphatic heterocycles. The molecule has 4 aromatic rings. The fourth-order valence-electron chi connectivity index (χ4n) is 3.70. The number of nitro benzene ring substituents is 2. The molecule has 0 atom stereocenters. The van der Waals surface area contributed by atoms with Gasteiger partial charge >= 0.3 is 0 Å². The zero-order valence-corrected chi connectivity index (χ0v) is 23.8. The van der Waals surface area contributed by atoms with Crippen LogP contribution in [-0.4, -0.2) is 42.7 Å². The Bertz CT molecular complexity index is 1630. The zero-order valence-electron chi connectivity index (χ0n) is 20.6. The topological polar surface area (TPSA) is 192 Å². The van der Waals surface area contributed by atoms with Crippen molar-refractivity contribution < 1.29 is 30.3 Å². The van der Waals surface area contributed by atoms with E-state index in [9.17, 15) is 40.7 Å². The van der Waals surface area contributed by atoms with Gasteiger partial charge in [0.2, 0.25) is 0 Å². The van der Waals surface area contributed by atoms with Gasteiger partial charge in [0, 0.05) is 47.8 Å². The molecule has 0 radical (unpaired) electrons. The summed E-state index contributed by atoms with van der Waals surface area (Å²) in [4.78, 5) is 29.5. The van der Waals surface area contributed by atoms with Crippen LogP contribution in [0.25, 0.3) is 0 Å². The van der Waals surface area contributed by atoms with Gasteiger partial charge < -0.3 is 20.4 Å². The largest absolute Gasteiger partial charge is 0.506 e. The van der Waals surface area contributed by atoms with E-state index >= 15 is 0 Å². The van der Waals surface area contributed by atoms with Gasteiger partial charge in [-0.15, -0.1) is 0 Å². The van der Waals surface area contributed by atoms with Crippen LogP contribution in [0.3, 0.4) is 0 Å². The van der Waals surface area contributed by atoms with Gasteiger partial charge in [-0.05, 0) is 73.7 Å². The Labute approximate surface area is 248 Å². The van der Waals surface area contributed by atoms with E-state index in [0.717, 1.165) is 24.3 Å². The minimum atomic E-state index is -0.610. The van der Waals surface area contributed by atoms with Gasteiger partial charge in [-0.2, -0.15) is 0 Å². The number of hydrogen-bond acceptors (Lipinski definition) is 10. The molecule has 14 heteroatoms. The third-order valence-electron chi connectivity index (χ3n) is 5.75. The highest BCUT2D eigenvalue weighted by Crippen LogP contribution is 2.35. The molecule has 0 aromatic heterocycles. The van der Waals surface area contributed by atoms with Crippen molar-refractivity contribution in [3.8, 4) is 23.0 Å². The first-order chi connectivity index (χ1) is 19.4. The molecule has 4 rings (SSSR count). The van der Waals surface area contributed by atoms with Gasteiger partial charge in [0.25, 0.3) is 11.4 Å². The molecule has 0 fully saturated rings. The second-order valence-corrected chi connectivity index (χ2v) is 10.3. The standard InChI is InChI=1S/C27H18Br2N4O8/c28-20-10-18(32(38)39)8-16(26(20)36)12-30-22-6-14(1-3-24(22)34)5-15-2-4-25(35)23(7-15)31-13-17-9-19(33(40)41)11-21(29)27(17)37/h1-4,6-13,34-37H,5H2. The average molecular weight is 686 g/mol. The van der Waals surface area contributed by atoms with Crippen molar-refractivity contribution >= 4 is 67.0 Å².